The first kappa shape index (κ1) is 7.98. The highest BCUT2D eigenvalue weighted by atomic mass is 16.5. The van der Waals surface area contributed by atoms with Crippen LogP contribution in [0, 0.1) is 0 Å². The minimum Gasteiger partial charge on any atom is -0.394 e. The Kier molecular flexibility index (Phi) is 2.65. The second-order valence-electron chi connectivity index (χ2n) is 2.97. The molecule has 0 spiro atoms. The molecule has 0 aromatic carbocycles. The molecule has 0 aliphatic carbocycles. The van der Waals surface area contributed by atoms with Crippen molar-refractivity contribution in [2.75, 3.05) is 26.7 Å². The molecule has 1 aliphatic heterocycles. The van der Waals surface area contributed by atoms with Crippen molar-refractivity contribution in [1.29, 1.82) is 0 Å². The van der Waals surface area contributed by atoms with Gasteiger partial charge in [0.1, 0.15) is 0 Å². The molecular weight excluding hydrogens is 130 g/mol. The lowest BCUT2D eigenvalue weighted by atomic mass is 10.2. The van der Waals surface area contributed by atoms with E-state index in [1.165, 1.54) is 0 Å². The normalized spacial score (nSPS) is 36.3. The Hall–Kier alpha value is -0.120. The Morgan fingerprint density at radius 1 is 1.60 bits per heavy atom. The summed E-state index contributed by atoms with van der Waals surface area (Å²) in [5, 5.41) is 8.77. The summed E-state index contributed by atoms with van der Waals surface area (Å²) in [7, 11) is 2.04. The van der Waals surface area contributed by atoms with Crippen LogP contribution < -0.4 is 0 Å². The molecule has 0 saturated carbocycles. The largest absolute Gasteiger partial charge is 0.394 e. The molecule has 10 heavy (non-hydrogen) atoms. The molecule has 0 bridgehead atoms. The van der Waals surface area contributed by atoms with Gasteiger partial charge in [-0.25, -0.2) is 0 Å². The van der Waals surface area contributed by atoms with E-state index in [4.69, 9.17) is 9.84 Å². The number of morpholine rings is 1. The van der Waals surface area contributed by atoms with Gasteiger partial charge in [-0.2, -0.15) is 0 Å². The first-order valence-electron chi connectivity index (χ1n) is 3.67. The van der Waals surface area contributed by atoms with E-state index < -0.39 is 0 Å². The Labute approximate surface area is 61.6 Å². The van der Waals surface area contributed by atoms with Crippen LogP contribution in [0.25, 0.3) is 0 Å². The molecule has 3 heteroatoms. The maximum Gasteiger partial charge on any atom is 0.0936 e. The maximum absolute atomic E-state index is 8.77. The smallest absolute Gasteiger partial charge is 0.0936 e. The minimum absolute atomic E-state index is 0.0220. The van der Waals surface area contributed by atoms with E-state index in [1.54, 1.807) is 0 Å². The molecule has 2 atom stereocenters. The Morgan fingerprint density at radius 3 is 2.80 bits per heavy atom. The lowest BCUT2D eigenvalue weighted by Gasteiger charge is -2.33. The van der Waals surface area contributed by atoms with E-state index >= 15 is 0 Å². The molecule has 0 amide bonds. The summed E-state index contributed by atoms with van der Waals surface area (Å²) in [5.74, 6) is 0. The van der Waals surface area contributed by atoms with E-state index in [9.17, 15) is 0 Å². The molecule has 1 N–H and O–H groups in total. The molecule has 1 rings (SSSR count). The van der Waals surface area contributed by atoms with Gasteiger partial charge in [-0.3, -0.25) is 0 Å². The Morgan fingerprint density at radius 2 is 2.30 bits per heavy atom. The van der Waals surface area contributed by atoms with Gasteiger partial charge in [-0.15, -0.1) is 0 Å². The molecule has 1 heterocycles. The van der Waals surface area contributed by atoms with E-state index in [-0.39, 0.29) is 18.8 Å². The van der Waals surface area contributed by atoms with Crippen molar-refractivity contribution in [3.8, 4) is 0 Å². The first-order valence-corrected chi connectivity index (χ1v) is 3.67. The van der Waals surface area contributed by atoms with Crippen molar-refractivity contribution in [1.82, 2.24) is 4.90 Å². The molecule has 1 unspecified atom stereocenters. The number of ether oxygens (including phenoxy) is 1. The van der Waals surface area contributed by atoms with Crippen molar-refractivity contribution in [2.45, 2.75) is 19.1 Å². The van der Waals surface area contributed by atoms with Crippen molar-refractivity contribution in [3.63, 3.8) is 0 Å². The van der Waals surface area contributed by atoms with Crippen molar-refractivity contribution in [3.05, 3.63) is 0 Å². The Balaban J connectivity index is 2.35. The van der Waals surface area contributed by atoms with Gasteiger partial charge >= 0.3 is 0 Å². The molecule has 1 saturated heterocycles. The number of rotatable bonds is 1. The fraction of sp³-hybridized carbons (Fsp3) is 1.00. The fourth-order valence-electron chi connectivity index (χ4n) is 1.38. The van der Waals surface area contributed by atoms with Crippen LogP contribution in [0.5, 0.6) is 0 Å². The maximum atomic E-state index is 8.77. The van der Waals surface area contributed by atoms with Gasteiger partial charge in [0.25, 0.3) is 0 Å². The van der Waals surface area contributed by atoms with Gasteiger partial charge in [-0.1, -0.05) is 0 Å². The summed E-state index contributed by atoms with van der Waals surface area (Å²) in [4.78, 5) is 2.18. The van der Waals surface area contributed by atoms with Gasteiger partial charge in [0.15, 0.2) is 0 Å². The summed E-state index contributed by atoms with van der Waals surface area (Å²) in [5.41, 5.74) is 0. The van der Waals surface area contributed by atoms with Crippen molar-refractivity contribution in [2.24, 2.45) is 0 Å². The lowest BCUT2D eigenvalue weighted by Crippen LogP contribution is -2.45. The van der Waals surface area contributed by atoms with Gasteiger partial charge in [-0.05, 0) is 14.0 Å². The third-order valence-electron chi connectivity index (χ3n) is 1.71. The molecule has 60 valence electrons. The third-order valence-corrected chi connectivity index (χ3v) is 1.71. The zero-order valence-electron chi connectivity index (χ0n) is 6.58. The van der Waals surface area contributed by atoms with Crippen LogP contribution in [0.1, 0.15) is 6.92 Å². The van der Waals surface area contributed by atoms with Crippen molar-refractivity contribution >= 4 is 0 Å². The number of likely N-dealkylation sites (N-methyl/N-ethyl adjacent to an activating group) is 1. The number of nitrogens with zero attached hydrogens (tertiary/aromatic N) is 1. The summed E-state index contributed by atoms with van der Waals surface area (Å²) in [6, 6.07) is 0. The van der Waals surface area contributed by atoms with Gasteiger partial charge in [0.2, 0.25) is 0 Å². The van der Waals surface area contributed by atoms with E-state index in [0.29, 0.717) is 0 Å². The first-order chi connectivity index (χ1) is 4.72. The molecular formula is C7H15NO2. The van der Waals surface area contributed by atoms with Crippen LogP contribution in [0.4, 0.5) is 0 Å². The fourth-order valence-corrected chi connectivity index (χ4v) is 1.38. The molecule has 0 radical (unpaired) electrons. The topological polar surface area (TPSA) is 32.7 Å². The predicted octanol–water partition coefficient (Wildman–Crippen LogP) is -0.302. The average molecular weight is 145 g/mol. The molecule has 1 fully saturated rings. The predicted molar refractivity (Wildman–Crippen MR) is 38.9 cm³/mol. The quantitative estimate of drug-likeness (QED) is 0.550. The zero-order chi connectivity index (χ0) is 7.56. The van der Waals surface area contributed by atoms with Crippen LogP contribution >= 0.6 is 0 Å². The minimum atomic E-state index is 0.0220. The van der Waals surface area contributed by atoms with Gasteiger partial charge < -0.3 is 14.7 Å². The average Bonchev–Trinajstić information content (AvgIpc) is 1.85. The Bertz CT molecular complexity index is 97.8. The van der Waals surface area contributed by atoms with Gasteiger partial charge in [0.05, 0.1) is 18.8 Å². The number of hydrogen-bond donors (Lipinski definition) is 1. The monoisotopic (exact) mass is 145 g/mol. The second-order valence-corrected chi connectivity index (χ2v) is 2.97. The summed E-state index contributed by atoms with van der Waals surface area (Å²) in [6.45, 7) is 3.98. The highest BCUT2D eigenvalue weighted by Crippen LogP contribution is 2.07. The lowest BCUT2D eigenvalue weighted by molar-refractivity contribution is -0.0887. The molecule has 3 nitrogen and oxygen atoms in total. The zero-order valence-corrected chi connectivity index (χ0v) is 6.58. The van der Waals surface area contributed by atoms with Crippen LogP contribution in [0.3, 0.4) is 0 Å². The summed E-state index contributed by atoms with van der Waals surface area (Å²) >= 11 is 0. The van der Waals surface area contributed by atoms with Crippen LogP contribution in [-0.4, -0.2) is 49.0 Å². The highest BCUT2D eigenvalue weighted by Gasteiger charge is 2.21. The summed E-state index contributed by atoms with van der Waals surface area (Å²) in [6.07, 6.45) is 0.282. The molecule has 0 aromatic rings. The second kappa shape index (κ2) is 3.32. The van der Waals surface area contributed by atoms with Crippen LogP contribution in [0.15, 0.2) is 0 Å². The van der Waals surface area contributed by atoms with E-state index in [0.717, 1.165) is 13.1 Å². The van der Waals surface area contributed by atoms with E-state index in [2.05, 4.69) is 4.90 Å². The number of aliphatic hydroxyl groups excluding tert-OH is 1. The molecule has 1 aliphatic rings. The standard InChI is InChI=1S/C7H15NO2/c1-6-3-8(2)4-7(5-9)10-6/h6-7,9H,3-5H2,1-2H3/t6-,7?/m1/s1. The van der Waals surface area contributed by atoms with Crippen LogP contribution in [-0.2, 0) is 4.74 Å². The van der Waals surface area contributed by atoms with Crippen LogP contribution in [0.2, 0.25) is 0 Å². The van der Waals surface area contributed by atoms with Gasteiger partial charge in [0, 0.05) is 13.1 Å². The third kappa shape index (κ3) is 1.94. The highest BCUT2D eigenvalue weighted by molar-refractivity contribution is 4.72. The SMILES string of the molecule is C[C@@H]1CN(C)CC(CO)O1. The van der Waals surface area contributed by atoms with E-state index in [1.807, 2.05) is 14.0 Å². The summed E-state index contributed by atoms with van der Waals surface area (Å²) < 4.78 is 5.41. The number of aliphatic hydroxyl groups is 1. The van der Waals surface area contributed by atoms with Crippen molar-refractivity contribution < 1.29 is 9.84 Å². The molecule has 0 aromatic heterocycles. The number of hydrogen-bond acceptors (Lipinski definition) is 3.